The van der Waals surface area contributed by atoms with Crippen LogP contribution in [0.3, 0.4) is 0 Å². The van der Waals surface area contributed by atoms with Crippen molar-refractivity contribution in [2.45, 2.75) is 97.3 Å². The summed E-state index contributed by atoms with van der Waals surface area (Å²) in [6, 6.07) is 13.1. The molecule has 4 heterocycles. The van der Waals surface area contributed by atoms with E-state index in [0.717, 1.165) is 51.0 Å². The van der Waals surface area contributed by atoms with Gasteiger partial charge in [-0.15, -0.1) is 11.3 Å². The van der Waals surface area contributed by atoms with Crippen LogP contribution in [0.4, 0.5) is 42.1 Å². The zero-order chi connectivity index (χ0) is 54.7. The maximum atomic E-state index is 15.7. The number of nitriles is 1. The number of hydrogen-bond donors (Lipinski definition) is 2. The normalized spacial score (nSPS) is 16.5. The van der Waals surface area contributed by atoms with E-state index in [9.17, 15) is 36.7 Å². The van der Waals surface area contributed by atoms with Gasteiger partial charge < -0.3 is 29.9 Å². The Morgan fingerprint density at radius 3 is 2.33 bits per heavy atom. The van der Waals surface area contributed by atoms with Crippen LogP contribution in [0.1, 0.15) is 76.3 Å². The van der Waals surface area contributed by atoms with Crippen LogP contribution in [0, 0.1) is 41.1 Å². The van der Waals surface area contributed by atoms with Crippen LogP contribution < -0.4 is 25.2 Å². The number of thiazole rings is 1. The van der Waals surface area contributed by atoms with Crippen LogP contribution >= 0.6 is 23.6 Å². The number of carbonyl (C=O) groups is 4. The fourth-order valence-electron chi connectivity index (χ4n) is 8.72. The zero-order valence-electron chi connectivity index (χ0n) is 41.4. The highest BCUT2D eigenvalue weighted by Gasteiger charge is 2.52. The molecule has 0 radical (unpaired) electrons. The standard InChI is InChI=1S/C52H51F7N8O6S2/c1-28-44(75-27-63-28)30-11-9-29(10-12-30)23-62-46(69)38-8-7-18-65(38)47(70)45(50(2,3)4)64-40(68)26-72-25-33(53)17-19-73-39-16-14-31(20-35(39)54)43-36(55)21-34(24-61-43)67-49(74)66(48(71)51(67,5)6)37-15-13-32(22-60)41(42(37)56)52(57,58)59/h9-16,20-21,24,27,33,38,45H,7-8,17-19,23,25-26H2,1-6H3,(H,62,69)(H,64,68). The first-order chi connectivity index (χ1) is 35.3. The van der Waals surface area contributed by atoms with Crippen LogP contribution in [-0.2, 0) is 36.6 Å². The Morgan fingerprint density at radius 2 is 1.71 bits per heavy atom. The molecule has 2 aliphatic rings. The molecule has 2 N–H and O–H groups in total. The first-order valence-electron chi connectivity index (χ1n) is 23.5. The predicted octanol–water partition coefficient (Wildman–Crippen LogP) is 9.37. The molecular formula is C52H51F7N8O6S2. The average molecular weight is 1080 g/mol. The third kappa shape index (κ3) is 12.1. The second-order valence-corrected chi connectivity index (χ2v) is 20.6. The van der Waals surface area contributed by atoms with E-state index in [1.807, 2.05) is 31.2 Å². The highest BCUT2D eigenvalue weighted by atomic mass is 32.1. The summed E-state index contributed by atoms with van der Waals surface area (Å²) in [4.78, 5) is 66.5. The number of likely N-dealkylation sites (tertiary alicyclic amines) is 1. The first-order valence-corrected chi connectivity index (χ1v) is 24.8. The molecule has 2 saturated heterocycles. The first kappa shape index (κ1) is 55.7. The molecule has 3 atom stereocenters. The monoisotopic (exact) mass is 1080 g/mol. The number of thiocarbonyl (C=S) groups is 1. The number of nitrogens with one attached hydrogen (secondary N) is 2. The molecule has 3 aromatic carbocycles. The van der Waals surface area contributed by atoms with Crippen LogP contribution in [-0.4, -0.2) is 93.8 Å². The molecule has 4 amide bonds. The Balaban J connectivity index is 0.882. The molecule has 0 spiro atoms. The number of rotatable bonds is 17. The number of carbonyl (C=O) groups excluding carboxylic acids is 4. The van der Waals surface area contributed by atoms with Crippen molar-refractivity contribution in [1.29, 1.82) is 5.26 Å². The van der Waals surface area contributed by atoms with Gasteiger partial charge in [0.25, 0.3) is 5.91 Å². The lowest BCUT2D eigenvalue weighted by molar-refractivity contribution is -0.144. The lowest BCUT2D eigenvalue weighted by Crippen LogP contribution is -2.58. The maximum absolute atomic E-state index is 15.7. The molecule has 7 rings (SSSR count). The summed E-state index contributed by atoms with van der Waals surface area (Å²) in [5, 5.41) is 14.3. The summed E-state index contributed by atoms with van der Waals surface area (Å²) < 4.78 is 113. The summed E-state index contributed by atoms with van der Waals surface area (Å²) in [5.74, 6) is -6.59. The number of pyridine rings is 1. The second-order valence-electron chi connectivity index (χ2n) is 19.4. The van der Waals surface area contributed by atoms with Gasteiger partial charge in [-0.3, -0.25) is 29.1 Å². The number of benzene rings is 3. The quantitative estimate of drug-likeness (QED) is 0.0672. The van der Waals surface area contributed by atoms with Gasteiger partial charge in [-0.05, 0) is 92.7 Å². The number of nitrogens with zero attached hydrogens (tertiary/aromatic N) is 6. The fraction of sp³-hybridized carbons (Fsp3) is 0.385. The van der Waals surface area contributed by atoms with Crippen molar-refractivity contribution < 1.29 is 59.4 Å². The van der Waals surface area contributed by atoms with Gasteiger partial charge in [0.2, 0.25) is 17.7 Å². The summed E-state index contributed by atoms with van der Waals surface area (Å²) in [6.45, 7) is 9.01. The lowest BCUT2D eigenvalue weighted by Gasteiger charge is -2.35. The van der Waals surface area contributed by atoms with E-state index >= 15 is 13.2 Å². The molecule has 0 saturated carbocycles. The number of alkyl halides is 4. The van der Waals surface area contributed by atoms with Crippen molar-refractivity contribution in [3.8, 4) is 33.5 Å². The number of anilines is 2. The lowest BCUT2D eigenvalue weighted by atomic mass is 9.85. The molecule has 75 heavy (non-hydrogen) atoms. The van der Waals surface area contributed by atoms with Gasteiger partial charge in [0.1, 0.15) is 41.7 Å². The third-order valence-corrected chi connectivity index (χ3v) is 14.0. The Hall–Kier alpha value is -7.03. The number of halogens is 7. The van der Waals surface area contributed by atoms with Gasteiger partial charge in [0.05, 0.1) is 58.5 Å². The van der Waals surface area contributed by atoms with Crippen molar-refractivity contribution in [2.24, 2.45) is 5.41 Å². The van der Waals surface area contributed by atoms with Gasteiger partial charge in [-0.25, -0.2) is 22.5 Å². The second kappa shape index (κ2) is 22.4. The maximum Gasteiger partial charge on any atom is 0.420 e. The topological polar surface area (TPSA) is 170 Å². The smallest absolute Gasteiger partial charge is 0.420 e. The fourth-order valence-corrected chi connectivity index (χ4v) is 10.0. The van der Waals surface area contributed by atoms with E-state index in [4.69, 9.17) is 27.0 Å². The number of aryl methyl sites for hydroxylation is 1. The molecule has 2 fully saturated rings. The minimum absolute atomic E-state index is 0.0587. The van der Waals surface area contributed by atoms with Crippen LogP contribution in [0.5, 0.6) is 5.75 Å². The van der Waals surface area contributed by atoms with E-state index in [-0.39, 0.29) is 48.2 Å². The Labute approximate surface area is 436 Å². The van der Waals surface area contributed by atoms with Crippen LogP contribution in [0.25, 0.3) is 21.7 Å². The predicted molar refractivity (Wildman–Crippen MR) is 268 cm³/mol. The number of amides is 4. The van der Waals surface area contributed by atoms with Gasteiger partial charge in [0.15, 0.2) is 28.3 Å². The summed E-state index contributed by atoms with van der Waals surface area (Å²) in [6.07, 6.45) is -5.11. The van der Waals surface area contributed by atoms with Gasteiger partial charge in [0, 0.05) is 31.1 Å². The van der Waals surface area contributed by atoms with Gasteiger partial charge in [-0.1, -0.05) is 45.0 Å². The Morgan fingerprint density at radius 1 is 1.00 bits per heavy atom. The largest absolute Gasteiger partial charge is 0.490 e. The molecule has 396 valence electrons. The van der Waals surface area contributed by atoms with Crippen molar-refractivity contribution in [3.63, 3.8) is 0 Å². The average Bonchev–Trinajstić information content (AvgIpc) is 4.06. The minimum atomic E-state index is -5.29. The number of hydrogen-bond acceptors (Lipinski definition) is 11. The van der Waals surface area contributed by atoms with Gasteiger partial charge >= 0.3 is 6.18 Å². The molecule has 5 aromatic rings. The van der Waals surface area contributed by atoms with E-state index in [0.29, 0.717) is 30.4 Å². The molecule has 0 bridgehead atoms. The van der Waals surface area contributed by atoms with Crippen LogP contribution in [0.15, 0.2) is 72.4 Å². The van der Waals surface area contributed by atoms with Crippen molar-refractivity contribution in [3.05, 3.63) is 112 Å². The summed E-state index contributed by atoms with van der Waals surface area (Å²) >= 11 is 6.96. The number of ether oxygens (including phenoxy) is 2. The molecule has 2 aromatic heterocycles. The highest BCUT2D eigenvalue weighted by molar-refractivity contribution is 7.81. The molecular weight excluding hydrogens is 1030 g/mol. The molecule has 23 heteroatoms. The zero-order valence-corrected chi connectivity index (χ0v) is 43.0. The van der Waals surface area contributed by atoms with E-state index in [2.05, 4.69) is 20.6 Å². The summed E-state index contributed by atoms with van der Waals surface area (Å²) in [5.41, 5.74) is -2.18. The van der Waals surface area contributed by atoms with E-state index in [1.165, 1.54) is 36.9 Å². The third-order valence-electron chi connectivity index (χ3n) is 12.6. The SMILES string of the molecule is Cc1ncsc1-c1ccc(CNC(=O)C2CCCN2C(=O)C(NC(=O)COCC(F)CCOc2ccc(-c3ncc(N4C(=S)N(c5ccc(C#N)c(C(F)(F)F)c5F)C(=O)C4(C)C)cc3F)cc2F)C(C)(C)C)cc1. The number of aromatic nitrogens is 2. The molecule has 3 unspecified atom stereocenters. The van der Waals surface area contributed by atoms with Crippen LogP contribution in [0.2, 0.25) is 0 Å². The van der Waals surface area contributed by atoms with Crippen molar-refractivity contribution in [1.82, 2.24) is 25.5 Å². The van der Waals surface area contributed by atoms with Crippen molar-refractivity contribution in [2.75, 3.05) is 36.2 Å². The highest BCUT2D eigenvalue weighted by Crippen LogP contribution is 2.42. The van der Waals surface area contributed by atoms with Crippen molar-refractivity contribution >= 4 is 63.7 Å². The molecule has 14 nitrogen and oxygen atoms in total. The molecule has 2 aliphatic heterocycles. The minimum Gasteiger partial charge on any atom is -0.490 e. The van der Waals surface area contributed by atoms with Gasteiger partial charge in [-0.2, -0.15) is 18.4 Å². The van der Waals surface area contributed by atoms with E-state index < -0.39 is 106 Å². The summed E-state index contributed by atoms with van der Waals surface area (Å²) in [7, 11) is 0. The Kier molecular flexibility index (Phi) is 16.7. The Bertz CT molecular complexity index is 3050. The van der Waals surface area contributed by atoms with E-state index in [1.54, 1.807) is 37.6 Å². The molecule has 0 aliphatic carbocycles.